The largest absolute Gasteiger partial charge is 0.439 e. The van der Waals surface area contributed by atoms with E-state index >= 15 is 0 Å². The number of pyridine rings is 1. The van der Waals surface area contributed by atoms with Gasteiger partial charge in [0.05, 0.1) is 11.6 Å². The van der Waals surface area contributed by atoms with Gasteiger partial charge in [-0.05, 0) is 48.0 Å². The second-order valence-electron chi connectivity index (χ2n) is 10.3. The Morgan fingerprint density at radius 3 is 2.20 bits per heavy atom. The first-order chi connectivity index (χ1) is 19.8. The van der Waals surface area contributed by atoms with Crippen LogP contribution in [-0.2, 0) is 6.18 Å². The summed E-state index contributed by atoms with van der Waals surface area (Å²) in [4.78, 5) is 23.8. The van der Waals surface area contributed by atoms with Crippen molar-refractivity contribution in [3.05, 3.63) is 120 Å². The molecule has 1 unspecified atom stereocenters. The first-order valence-electron chi connectivity index (χ1n) is 13.6. The summed E-state index contributed by atoms with van der Waals surface area (Å²) in [5.74, 6) is 0.374. The summed E-state index contributed by atoms with van der Waals surface area (Å²) in [6.45, 7) is 3.76. The summed E-state index contributed by atoms with van der Waals surface area (Å²) < 4.78 is 44.6. The van der Waals surface area contributed by atoms with E-state index < -0.39 is 11.7 Å². The smallest absolute Gasteiger partial charge is 0.416 e. The van der Waals surface area contributed by atoms with E-state index in [0.29, 0.717) is 30.4 Å². The monoisotopic (exact) mass is 558 g/mol. The number of amides is 1. The second kappa shape index (κ2) is 11.2. The Balaban J connectivity index is 1.10. The summed E-state index contributed by atoms with van der Waals surface area (Å²) in [5.41, 5.74) is 2.12. The molecule has 0 bridgehead atoms. The second-order valence-corrected chi connectivity index (χ2v) is 10.3. The van der Waals surface area contributed by atoms with Crippen molar-refractivity contribution >= 4 is 11.6 Å². The van der Waals surface area contributed by atoms with Crippen molar-refractivity contribution in [3.8, 4) is 11.6 Å². The third-order valence-corrected chi connectivity index (χ3v) is 7.73. The number of ether oxygens (including phenoxy) is 1. The van der Waals surface area contributed by atoms with E-state index in [4.69, 9.17) is 4.74 Å². The molecule has 41 heavy (non-hydrogen) atoms. The molecule has 2 aliphatic heterocycles. The molecule has 3 heterocycles. The number of carbonyl (C=O) groups is 1. The van der Waals surface area contributed by atoms with Crippen LogP contribution < -0.4 is 9.64 Å². The lowest BCUT2D eigenvalue weighted by atomic mass is 9.96. The van der Waals surface area contributed by atoms with Gasteiger partial charge in [-0.15, -0.1) is 0 Å². The number of aromatic nitrogens is 1. The van der Waals surface area contributed by atoms with E-state index in [1.165, 1.54) is 5.56 Å². The number of benzene rings is 3. The van der Waals surface area contributed by atoms with Crippen LogP contribution in [0.15, 0.2) is 103 Å². The Hall–Kier alpha value is -4.37. The number of alkyl halides is 3. The maximum absolute atomic E-state index is 13.2. The van der Waals surface area contributed by atoms with Gasteiger partial charge in [-0.25, -0.2) is 4.98 Å². The van der Waals surface area contributed by atoms with Crippen LogP contribution in [0.2, 0.25) is 0 Å². The molecule has 3 aromatic carbocycles. The van der Waals surface area contributed by atoms with Crippen molar-refractivity contribution in [1.29, 1.82) is 0 Å². The Morgan fingerprint density at radius 2 is 1.51 bits per heavy atom. The molecule has 0 aliphatic carbocycles. The molecule has 1 aromatic heterocycles. The van der Waals surface area contributed by atoms with Crippen LogP contribution in [0.3, 0.4) is 0 Å². The average molecular weight is 559 g/mol. The molecular weight excluding hydrogens is 529 g/mol. The van der Waals surface area contributed by atoms with Crippen LogP contribution in [0.25, 0.3) is 0 Å². The molecule has 1 atom stereocenters. The van der Waals surface area contributed by atoms with Crippen molar-refractivity contribution in [2.75, 3.05) is 37.6 Å². The highest BCUT2D eigenvalue weighted by Crippen LogP contribution is 2.35. The van der Waals surface area contributed by atoms with E-state index in [-0.39, 0.29) is 17.8 Å². The first-order valence-corrected chi connectivity index (χ1v) is 13.6. The molecule has 0 radical (unpaired) electrons. The molecular formula is C32H29F3N4O2. The highest BCUT2D eigenvalue weighted by molar-refractivity contribution is 5.94. The first kappa shape index (κ1) is 26.8. The topological polar surface area (TPSA) is 48.9 Å². The number of anilines is 1. The minimum Gasteiger partial charge on any atom is -0.439 e. The minimum absolute atomic E-state index is 0.0593. The molecule has 0 N–H and O–H groups in total. The van der Waals surface area contributed by atoms with Gasteiger partial charge in [0.2, 0.25) is 5.88 Å². The van der Waals surface area contributed by atoms with Gasteiger partial charge in [0, 0.05) is 62.3 Å². The minimum atomic E-state index is -4.46. The number of halogens is 3. The van der Waals surface area contributed by atoms with Gasteiger partial charge < -0.3 is 14.5 Å². The third kappa shape index (κ3) is 5.90. The van der Waals surface area contributed by atoms with Crippen molar-refractivity contribution < 1.29 is 22.7 Å². The van der Waals surface area contributed by atoms with Gasteiger partial charge >= 0.3 is 6.18 Å². The molecule has 2 fully saturated rings. The van der Waals surface area contributed by atoms with Crippen LogP contribution >= 0.6 is 0 Å². The molecule has 6 nitrogen and oxygen atoms in total. The summed E-state index contributed by atoms with van der Waals surface area (Å²) in [6.07, 6.45) is -3.37. The summed E-state index contributed by atoms with van der Waals surface area (Å²) in [6, 6.07) is 29.3. The number of carbonyl (C=O) groups excluding carboxylic acids is 1. The molecule has 2 saturated heterocycles. The fourth-order valence-corrected chi connectivity index (χ4v) is 5.52. The van der Waals surface area contributed by atoms with Crippen LogP contribution in [0.1, 0.15) is 27.5 Å². The quantitative estimate of drug-likeness (QED) is 0.279. The van der Waals surface area contributed by atoms with Gasteiger partial charge in [-0.3, -0.25) is 9.69 Å². The lowest BCUT2D eigenvalue weighted by Crippen LogP contribution is -2.64. The van der Waals surface area contributed by atoms with Gasteiger partial charge in [-0.1, -0.05) is 48.5 Å². The standard InChI is InChI=1S/C32H29F3N4O2/c33-32(34,35)25-15-16-36-30(19-25)41-28-13-11-26(12-14-28)38-20-27(21-38)39-18-17-37(31(40)24-9-5-2-6-10-24)22-29(39)23-7-3-1-4-8-23/h1-16,19,27,29H,17-18,20-22H2. The van der Waals surface area contributed by atoms with E-state index in [2.05, 4.69) is 26.9 Å². The molecule has 2 aliphatic rings. The van der Waals surface area contributed by atoms with Crippen molar-refractivity contribution in [2.24, 2.45) is 0 Å². The molecule has 0 saturated carbocycles. The highest BCUT2D eigenvalue weighted by Gasteiger charge is 2.40. The number of piperazine rings is 1. The predicted molar refractivity (Wildman–Crippen MR) is 150 cm³/mol. The number of hydrogen-bond acceptors (Lipinski definition) is 5. The van der Waals surface area contributed by atoms with Gasteiger partial charge in [0.15, 0.2) is 0 Å². The highest BCUT2D eigenvalue weighted by atomic mass is 19.4. The van der Waals surface area contributed by atoms with Gasteiger partial charge in [0.1, 0.15) is 5.75 Å². The Bertz CT molecular complexity index is 1480. The van der Waals surface area contributed by atoms with Crippen LogP contribution in [0.4, 0.5) is 18.9 Å². The van der Waals surface area contributed by atoms with Crippen LogP contribution in [0.5, 0.6) is 11.6 Å². The molecule has 9 heteroatoms. The van der Waals surface area contributed by atoms with Crippen molar-refractivity contribution in [3.63, 3.8) is 0 Å². The fraction of sp³-hybridized carbons (Fsp3) is 0.250. The van der Waals surface area contributed by atoms with E-state index in [0.717, 1.165) is 43.7 Å². The SMILES string of the molecule is O=C(c1ccccc1)N1CCN(C2CN(c3ccc(Oc4cc(C(F)(F)F)ccn4)cc3)C2)C(c2ccccc2)C1. The zero-order chi connectivity index (χ0) is 28.4. The third-order valence-electron chi connectivity index (χ3n) is 7.73. The fourth-order valence-electron chi connectivity index (χ4n) is 5.52. The lowest BCUT2D eigenvalue weighted by Gasteiger charge is -2.52. The zero-order valence-electron chi connectivity index (χ0n) is 22.2. The number of rotatable bonds is 6. The predicted octanol–water partition coefficient (Wildman–Crippen LogP) is 6.28. The van der Waals surface area contributed by atoms with E-state index in [1.54, 1.807) is 12.1 Å². The maximum atomic E-state index is 13.2. The van der Waals surface area contributed by atoms with Crippen LogP contribution in [-0.4, -0.2) is 59.5 Å². The summed E-state index contributed by atoms with van der Waals surface area (Å²) in [5, 5.41) is 0. The Morgan fingerprint density at radius 1 is 0.829 bits per heavy atom. The zero-order valence-corrected chi connectivity index (χ0v) is 22.2. The van der Waals surface area contributed by atoms with E-state index in [1.807, 2.05) is 65.6 Å². The molecule has 0 spiro atoms. The Kier molecular flexibility index (Phi) is 7.36. The molecule has 4 aromatic rings. The van der Waals surface area contributed by atoms with Crippen LogP contribution in [0, 0.1) is 0 Å². The van der Waals surface area contributed by atoms with Gasteiger partial charge in [0.25, 0.3) is 5.91 Å². The average Bonchev–Trinajstić information content (AvgIpc) is 2.98. The Labute approximate surface area is 236 Å². The van der Waals surface area contributed by atoms with Crippen molar-refractivity contribution in [1.82, 2.24) is 14.8 Å². The number of nitrogens with zero attached hydrogens (tertiary/aromatic N) is 4. The van der Waals surface area contributed by atoms with Crippen molar-refractivity contribution in [2.45, 2.75) is 18.3 Å². The lowest BCUT2D eigenvalue weighted by molar-refractivity contribution is -0.137. The molecule has 210 valence electrons. The summed E-state index contributed by atoms with van der Waals surface area (Å²) >= 11 is 0. The maximum Gasteiger partial charge on any atom is 0.416 e. The molecule has 6 rings (SSSR count). The normalized spacial score (nSPS) is 18.2. The number of hydrogen-bond donors (Lipinski definition) is 0. The van der Waals surface area contributed by atoms with E-state index in [9.17, 15) is 18.0 Å². The van der Waals surface area contributed by atoms with Gasteiger partial charge in [-0.2, -0.15) is 13.2 Å². The summed E-state index contributed by atoms with van der Waals surface area (Å²) in [7, 11) is 0. The molecule has 1 amide bonds.